The van der Waals surface area contributed by atoms with Crippen LogP contribution in [0, 0.1) is 0 Å². The Morgan fingerprint density at radius 3 is 2.36 bits per heavy atom. The number of H-pyrrole nitrogens is 1. The van der Waals surface area contributed by atoms with Crippen molar-refractivity contribution in [1.82, 2.24) is 10.2 Å². The topological polar surface area (TPSA) is 57.8 Å². The Bertz CT molecular complexity index is 880. The van der Waals surface area contributed by atoms with Gasteiger partial charge in [-0.05, 0) is 41.7 Å². The van der Waals surface area contributed by atoms with E-state index in [0.717, 1.165) is 26.9 Å². The quantitative estimate of drug-likeness (QED) is 0.645. The second kappa shape index (κ2) is 6.84. The van der Waals surface area contributed by atoms with Crippen LogP contribution in [0.3, 0.4) is 0 Å². The molecule has 1 saturated carbocycles. The number of benzene rings is 2. The van der Waals surface area contributed by atoms with Crippen LogP contribution in [0.4, 0.5) is 5.82 Å². The first kappa shape index (κ1) is 16.1. The van der Waals surface area contributed by atoms with Crippen molar-refractivity contribution in [2.24, 2.45) is 0 Å². The van der Waals surface area contributed by atoms with Gasteiger partial charge in [-0.3, -0.25) is 9.89 Å². The Morgan fingerprint density at radius 1 is 1.08 bits per heavy atom. The Morgan fingerprint density at radius 2 is 1.72 bits per heavy atom. The molecule has 1 amide bonds. The van der Waals surface area contributed by atoms with Crippen LogP contribution in [-0.4, -0.2) is 16.1 Å². The number of anilines is 1. The average molecular weight is 396 g/mol. The highest BCUT2D eigenvalue weighted by Gasteiger charge is 2.25. The Hall–Kier alpha value is -2.40. The van der Waals surface area contributed by atoms with Crippen LogP contribution in [-0.2, 0) is 11.2 Å². The van der Waals surface area contributed by atoms with E-state index in [9.17, 15) is 4.79 Å². The van der Waals surface area contributed by atoms with Gasteiger partial charge in [0.15, 0.2) is 5.82 Å². The molecule has 1 heterocycles. The number of carbonyl (C=O) groups excluding carboxylic acids is 1. The number of aromatic nitrogens is 2. The van der Waals surface area contributed by atoms with E-state index in [0.29, 0.717) is 18.2 Å². The third-order valence-electron chi connectivity index (χ3n) is 4.38. The molecule has 1 fully saturated rings. The zero-order valence-corrected chi connectivity index (χ0v) is 15.2. The summed E-state index contributed by atoms with van der Waals surface area (Å²) in [6.07, 6.45) is 2.76. The predicted octanol–water partition coefficient (Wildman–Crippen LogP) is 4.90. The number of carbonyl (C=O) groups is 1. The van der Waals surface area contributed by atoms with E-state index in [1.165, 1.54) is 12.8 Å². The van der Waals surface area contributed by atoms with Gasteiger partial charge in [-0.2, -0.15) is 5.10 Å². The van der Waals surface area contributed by atoms with Gasteiger partial charge in [0.2, 0.25) is 5.91 Å². The van der Waals surface area contributed by atoms with Crippen molar-refractivity contribution >= 4 is 27.7 Å². The number of amides is 1. The minimum absolute atomic E-state index is 0.0507. The van der Waals surface area contributed by atoms with Crippen LogP contribution in [0.5, 0.6) is 0 Å². The van der Waals surface area contributed by atoms with E-state index in [2.05, 4.69) is 43.6 Å². The lowest BCUT2D eigenvalue weighted by Crippen LogP contribution is -2.14. The minimum Gasteiger partial charge on any atom is -0.309 e. The van der Waals surface area contributed by atoms with E-state index in [4.69, 9.17) is 0 Å². The minimum atomic E-state index is -0.0507. The number of halogens is 1. The molecule has 5 heteroatoms. The number of hydrogen-bond donors (Lipinski definition) is 2. The van der Waals surface area contributed by atoms with Gasteiger partial charge in [0.05, 0.1) is 6.42 Å². The summed E-state index contributed by atoms with van der Waals surface area (Å²) in [5.41, 5.74) is 4.40. The maximum Gasteiger partial charge on any atom is 0.229 e. The highest BCUT2D eigenvalue weighted by molar-refractivity contribution is 9.10. The summed E-state index contributed by atoms with van der Waals surface area (Å²) in [6, 6.07) is 18.2. The molecule has 1 aliphatic rings. The van der Waals surface area contributed by atoms with Crippen LogP contribution in [0.15, 0.2) is 59.1 Å². The van der Waals surface area contributed by atoms with E-state index in [1.54, 1.807) is 0 Å². The third-order valence-corrected chi connectivity index (χ3v) is 4.91. The van der Waals surface area contributed by atoms with Crippen molar-refractivity contribution in [3.63, 3.8) is 0 Å². The second-order valence-corrected chi connectivity index (χ2v) is 7.33. The van der Waals surface area contributed by atoms with Gasteiger partial charge in [0.25, 0.3) is 0 Å². The molecule has 2 aromatic carbocycles. The number of nitrogens with zero attached hydrogens (tertiary/aromatic N) is 1. The molecular weight excluding hydrogens is 378 g/mol. The van der Waals surface area contributed by atoms with Crippen molar-refractivity contribution in [3.8, 4) is 11.1 Å². The van der Waals surface area contributed by atoms with Gasteiger partial charge < -0.3 is 5.32 Å². The van der Waals surface area contributed by atoms with Gasteiger partial charge in [0.1, 0.15) is 0 Å². The molecule has 126 valence electrons. The molecule has 1 aliphatic carbocycles. The lowest BCUT2D eigenvalue weighted by molar-refractivity contribution is -0.115. The van der Waals surface area contributed by atoms with Crippen LogP contribution < -0.4 is 5.32 Å². The highest BCUT2D eigenvalue weighted by atomic mass is 79.9. The van der Waals surface area contributed by atoms with E-state index >= 15 is 0 Å². The molecule has 0 unspecified atom stereocenters. The van der Waals surface area contributed by atoms with E-state index in [-0.39, 0.29) is 5.91 Å². The lowest BCUT2D eigenvalue weighted by atomic mass is 10.0. The summed E-state index contributed by atoms with van der Waals surface area (Å²) in [4.78, 5) is 12.2. The fourth-order valence-corrected chi connectivity index (χ4v) is 3.10. The van der Waals surface area contributed by atoms with E-state index < -0.39 is 0 Å². The zero-order valence-electron chi connectivity index (χ0n) is 13.6. The van der Waals surface area contributed by atoms with Crippen molar-refractivity contribution in [3.05, 3.63) is 70.3 Å². The summed E-state index contributed by atoms with van der Waals surface area (Å²) in [6.45, 7) is 0. The van der Waals surface area contributed by atoms with Crippen molar-refractivity contribution in [2.75, 3.05) is 5.32 Å². The molecule has 25 heavy (non-hydrogen) atoms. The van der Waals surface area contributed by atoms with Gasteiger partial charge in [-0.15, -0.1) is 0 Å². The SMILES string of the molecule is O=C(Cc1ccc(-c2ccc(Br)cc2)cc1)Nc1cc(C2CC2)[nH]n1. The first-order chi connectivity index (χ1) is 12.2. The zero-order chi connectivity index (χ0) is 17.2. The average Bonchev–Trinajstić information content (AvgIpc) is 3.36. The molecule has 0 spiro atoms. The summed E-state index contributed by atoms with van der Waals surface area (Å²) in [7, 11) is 0. The van der Waals surface area contributed by atoms with Crippen molar-refractivity contribution in [1.29, 1.82) is 0 Å². The van der Waals surface area contributed by atoms with Crippen LogP contribution in [0.2, 0.25) is 0 Å². The number of hydrogen-bond acceptors (Lipinski definition) is 2. The molecule has 2 N–H and O–H groups in total. The molecule has 0 aliphatic heterocycles. The van der Waals surface area contributed by atoms with Gasteiger partial charge in [-0.25, -0.2) is 0 Å². The molecular formula is C20H18BrN3O. The fraction of sp³-hybridized carbons (Fsp3) is 0.200. The molecule has 0 radical (unpaired) electrons. The molecule has 4 rings (SSSR count). The molecule has 0 atom stereocenters. The summed E-state index contributed by atoms with van der Waals surface area (Å²) in [5, 5.41) is 10.0. The predicted molar refractivity (Wildman–Crippen MR) is 102 cm³/mol. The molecule has 1 aromatic heterocycles. The van der Waals surface area contributed by atoms with Gasteiger partial charge in [-0.1, -0.05) is 52.3 Å². The third kappa shape index (κ3) is 3.99. The Balaban J connectivity index is 1.38. The first-order valence-corrected chi connectivity index (χ1v) is 9.17. The lowest BCUT2D eigenvalue weighted by Gasteiger charge is -2.05. The summed E-state index contributed by atoms with van der Waals surface area (Å²) in [5.74, 6) is 1.16. The smallest absolute Gasteiger partial charge is 0.229 e. The van der Waals surface area contributed by atoms with Crippen LogP contribution in [0.25, 0.3) is 11.1 Å². The molecule has 0 bridgehead atoms. The van der Waals surface area contributed by atoms with Crippen LogP contribution in [0.1, 0.15) is 30.0 Å². The van der Waals surface area contributed by atoms with Crippen molar-refractivity contribution in [2.45, 2.75) is 25.2 Å². The normalized spacial score (nSPS) is 13.6. The molecule has 3 aromatic rings. The summed E-state index contributed by atoms with van der Waals surface area (Å²) < 4.78 is 1.06. The van der Waals surface area contributed by atoms with E-state index in [1.807, 2.05) is 42.5 Å². The number of aromatic amines is 1. The summed E-state index contributed by atoms with van der Waals surface area (Å²) >= 11 is 3.44. The standard InChI is InChI=1S/C20H18BrN3O/c21-17-9-7-15(8-10-17)14-3-1-13(2-4-14)11-20(25)22-19-12-18(23-24-19)16-5-6-16/h1-4,7-10,12,16H,5-6,11H2,(H2,22,23,24,25). The molecule has 0 saturated heterocycles. The van der Waals surface area contributed by atoms with Crippen molar-refractivity contribution < 1.29 is 4.79 Å². The Labute approximate surface area is 154 Å². The largest absolute Gasteiger partial charge is 0.309 e. The maximum atomic E-state index is 12.2. The van der Waals surface area contributed by atoms with Crippen LogP contribution >= 0.6 is 15.9 Å². The number of rotatable bonds is 5. The molecule has 4 nitrogen and oxygen atoms in total. The maximum absolute atomic E-state index is 12.2. The first-order valence-electron chi connectivity index (χ1n) is 8.37. The van der Waals surface area contributed by atoms with Gasteiger partial charge in [0, 0.05) is 22.2 Å². The number of nitrogens with one attached hydrogen (secondary N) is 2. The Kier molecular flexibility index (Phi) is 4.40. The van der Waals surface area contributed by atoms with Gasteiger partial charge >= 0.3 is 0 Å². The highest BCUT2D eigenvalue weighted by Crippen LogP contribution is 2.39. The monoisotopic (exact) mass is 395 g/mol. The second-order valence-electron chi connectivity index (χ2n) is 6.41. The fourth-order valence-electron chi connectivity index (χ4n) is 2.83.